The molecule has 0 bridgehead atoms. The number of halogens is 2. The fourth-order valence-electron chi connectivity index (χ4n) is 1.55. The minimum atomic E-state index is 0.286. The van der Waals surface area contributed by atoms with Gasteiger partial charge in [0.1, 0.15) is 0 Å². The highest BCUT2D eigenvalue weighted by atomic mass is 35.5. The lowest BCUT2D eigenvalue weighted by Crippen LogP contribution is -2.33. The van der Waals surface area contributed by atoms with E-state index in [1.165, 1.54) is 6.42 Å². The summed E-state index contributed by atoms with van der Waals surface area (Å²) in [5.74, 6) is 0. The Bertz CT molecular complexity index is 128. The van der Waals surface area contributed by atoms with Crippen LogP contribution in [0.5, 0.6) is 0 Å². The van der Waals surface area contributed by atoms with Crippen LogP contribution in [0.2, 0.25) is 0 Å². The minimum Gasteiger partial charge on any atom is -0.153 e. The van der Waals surface area contributed by atoms with E-state index in [1.54, 1.807) is 0 Å². The van der Waals surface area contributed by atoms with E-state index < -0.39 is 0 Å². The van der Waals surface area contributed by atoms with Gasteiger partial charge < -0.3 is 0 Å². The van der Waals surface area contributed by atoms with Gasteiger partial charge >= 0.3 is 0 Å². The van der Waals surface area contributed by atoms with Crippen molar-refractivity contribution in [2.24, 2.45) is 0 Å². The molecule has 1 saturated carbocycles. The lowest BCUT2D eigenvalue weighted by molar-refractivity contribution is 0.528. The summed E-state index contributed by atoms with van der Waals surface area (Å²) in [6.07, 6.45) is 3.46. The predicted octanol–water partition coefficient (Wildman–Crippen LogP) is 3.90. The average Bonchev–Trinajstić information content (AvgIpc) is 1.97. The van der Waals surface area contributed by atoms with Crippen LogP contribution in [0.1, 0.15) is 33.1 Å². The second-order valence-corrected chi connectivity index (χ2v) is 6.49. The second kappa shape index (κ2) is 4.97. The molecule has 0 radical (unpaired) electrons. The van der Waals surface area contributed by atoms with Crippen molar-refractivity contribution in [3.63, 3.8) is 0 Å². The molecule has 1 aliphatic carbocycles. The maximum absolute atomic E-state index is 6.22. The lowest BCUT2D eigenvalue weighted by Gasteiger charge is -2.32. The highest BCUT2D eigenvalue weighted by Crippen LogP contribution is 2.37. The van der Waals surface area contributed by atoms with E-state index in [0.717, 1.165) is 12.8 Å². The molecule has 3 heteroatoms. The van der Waals surface area contributed by atoms with Crippen molar-refractivity contribution in [2.75, 3.05) is 0 Å². The van der Waals surface area contributed by atoms with Crippen molar-refractivity contribution in [2.45, 2.75) is 54.4 Å². The summed E-state index contributed by atoms with van der Waals surface area (Å²) >= 11 is 14.4. The van der Waals surface area contributed by atoms with Crippen LogP contribution in [0, 0.1) is 0 Å². The molecule has 2 atom stereocenters. The summed E-state index contributed by atoms with van der Waals surface area (Å²) in [5.41, 5.74) is 0. The fraction of sp³-hybridized carbons (Fsp3) is 1.00. The Morgan fingerprint density at radius 2 is 1.67 bits per heavy atom. The Morgan fingerprint density at radius 3 is 2.08 bits per heavy atom. The van der Waals surface area contributed by atoms with E-state index in [9.17, 15) is 0 Å². The summed E-state index contributed by atoms with van der Waals surface area (Å²) in [4.78, 5) is 0. The molecule has 12 heavy (non-hydrogen) atoms. The smallest absolute Gasteiger partial charge is 0.0469 e. The van der Waals surface area contributed by atoms with Crippen molar-refractivity contribution in [1.29, 1.82) is 0 Å². The first kappa shape index (κ1) is 11.0. The van der Waals surface area contributed by atoms with E-state index in [2.05, 4.69) is 13.8 Å². The predicted molar refractivity (Wildman–Crippen MR) is 59.6 cm³/mol. The zero-order valence-corrected chi connectivity index (χ0v) is 9.92. The normalized spacial score (nSPS) is 37.2. The minimum absolute atomic E-state index is 0.286. The maximum atomic E-state index is 6.22. The van der Waals surface area contributed by atoms with Crippen molar-refractivity contribution >= 4 is 35.0 Å². The standard InChI is InChI=1S/C9H16Cl2S/c1-6(2)12-9-7(10)4-3-5-8(9)11/h6-9H,3-5H2,1-2H3. The fourth-order valence-corrected chi connectivity index (χ4v) is 3.88. The van der Waals surface area contributed by atoms with Crippen molar-refractivity contribution < 1.29 is 0 Å². The summed E-state index contributed by atoms with van der Waals surface area (Å²) in [6.45, 7) is 4.40. The molecular formula is C9H16Cl2S. The molecule has 0 aliphatic heterocycles. The van der Waals surface area contributed by atoms with E-state index in [4.69, 9.17) is 23.2 Å². The van der Waals surface area contributed by atoms with Crippen LogP contribution in [-0.4, -0.2) is 21.3 Å². The van der Waals surface area contributed by atoms with Crippen molar-refractivity contribution in [3.05, 3.63) is 0 Å². The molecule has 72 valence electrons. The zero-order chi connectivity index (χ0) is 9.14. The van der Waals surface area contributed by atoms with Crippen molar-refractivity contribution in [3.8, 4) is 0 Å². The first-order chi connectivity index (χ1) is 5.61. The number of hydrogen-bond acceptors (Lipinski definition) is 1. The van der Waals surface area contributed by atoms with Gasteiger partial charge in [-0.1, -0.05) is 20.3 Å². The van der Waals surface area contributed by atoms with Gasteiger partial charge in [-0.15, -0.1) is 23.2 Å². The van der Waals surface area contributed by atoms with Gasteiger partial charge in [0, 0.05) is 16.0 Å². The van der Waals surface area contributed by atoms with Crippen LogP contribution in [0.4, 0.5) is 0 Å². The number of hydrogen-bond donors (Lipinski definition) is 0. The maximum Gasteiger partial charge on any atom is 0.0469 e. The Morgan fingerprint density at radius 1 is 1.17 bits per heavy atom. The van der Waals surface area contributed by atoms with E-state index in [1.807, 2.05) is 11.8 Å². The van der Waals surface area contributed by atoms with Gasteiger partial charge in [-0.2, -0.15) is 11.8 Å². The molecule has 1 aliphatic rings. The van der Waals surface area contributed by atoms with Crippen LogP contribution in [0.3, 0.4) is 0 Å². The number of alkyl halides is 2. The highest BCUT2D eigenvalue weighted by molar-refractivity contribution is 8.00. The molecular weight excluding hydrogens is 211 g/mol. The molecule has 1 fully saturated rings. The van der Waals surface area contributed by atoms with Crippen LogP contribution in [0.25, 0.3) is 0 Å². The summed E-state index contributed by atoms with van der Waals surface area (Å²) in [5, 5.41) is 1.67. The summed E-state index contributed by atoms with van der Waals surface area (Å²) < 4.78 is 0. The third-order valence-electron chi connectivity index (χ3n) is 2.10. The van der Waals surface area contributed by atoms with Crippen LogP contribution in [-0.2, 0) is 0 Å². The van der Waals surface area contributed by atoms with E-state index in [-0.39, 0.29) is 10.8 Å². The highest BCUT2D eigenvalue weighted by Gasteiger charge is 2.31. The SMILES string of the molecule is CC(C)SC1C(Cl)CCCC1Cl. The first-order valence-electron chi connectivity index (χ1n) is 4.55. The number of thioether (sulfide) groups is 1. The molecule has 0 aromatic carbocycles. The summed E-state index contributed by atoms with van der Waals surface area (Å²) in [7, 11) is 0. The number of rotatable bonds is 2. The van der Waals surface area contributed by atoms with Gasteiger partial charge in [-0.25, -0.2) is 0 Å². The van der Waals surface area contributed by atoms with Crippen LogP contribution in [0.15, 0.2) is 0 Å². The third kappa shape index (κ3) is 3.01. The van der Waals surface area contributed by atoms with Crippen molar-refractivity contribution in [1.82, 2.24) is 0 Å². The van der Waals surface area contributed by atoms with Gasteiger partial charge in [0.05, 0.1) is 0 Å². The topological polar surface area (TPSA) is 0 Å². The molecule has 0 amide bonds. The molecule has 0 N–H and O–H groups in total. The Labute approximate surface area is 89.4 Å². The molecule has 0 heterocycles. The second-order valence-electron chi connectivity index (χ2n) is 3.61. The molecule has 0 nitrogen and oxygen atoms in total. The molecule has 0 aromatic rings. The van der Waals surface area contributed by atoms with E-state index in [0.29, 0.717) is 10.5 Å². The Balaban J connectivity index is 2.45. The largest absolute Gasteiger partial charge is 0.153 e. The quantitative estimate of drug-likeness (QED) is 0.645. The molecule has 0 spiro atoms. The van der Waals surface area contributed by atoms with Crippen LogP contribution < -0.4 is 0 Å². The zero-order valence-electron chi connectivity index (χ0n) is 7.59. The van der Waals surface area contributed by atoms with Gasteiger partial charge in [0.15, 0.2) is 0 Å². The lowest BCUT2D eigenvalue weighted by atomic mass is 9.99. The summed E-state index contributed by atoms with van der Waals surface area (Å²) in [6, 6.07) is 0. The Kier molecular flexibility index (Phi) is 4.56. The van der Waals surface area contributed by atoms with Gasteiger partial charge in [-0.3, -0.25) is 0 Å². The molecule has 0 aromatic heterocycles. The van der Waals surface area contributed by atoms with E-state index >= 15 is 0 Å². The first-order valence-corrected chi connectivity index (χ1v) is 6.36. The van der Waals surface area contributed by atoms with Gasteiger partial charge in [0.25, 0.3) is 0 Å². The third-order valence-corrected chi connectivity index (χ3v) is 4.90. The molecule has 1 rings (SSSR count). The average molecular weight is 227 g/mol. The Hall–Kier alpha value is 0.930. The van der Waals surface area contributed by atoms with Gasteiger partial charge in [-0.05, 0) is 18.1 Å². The monoisotopic (exact) mass is 226 g/mol. The molecule has 0 saturated heterocycles. The molecule has 2 unspecified atom stereocenters. The van der Waals surface area contributed by atoms with Gasteiger partial charge in [0.2, 0.25) is 0 Å². The van der Waals surface area contributed by atoms with Crippen LogP contribution >= 0.6 is 35.0 Å².